The SMILES string of the molecule is CC1CC=CC2=C1N(c1ccc3c(c1)C(C)(C)c1cc(C=Cc4ccc(N5c6ccccc6Sc6ccccc65)cc4)ccc1-3)c1ccccc1C2. The molecule has 10 rings (SSSR count). The molecule has 2 aliphatic heterocycles. The van der Waals surface area contributed by atoms with Gasteiger partial charge in [0.05, 0.1) is 11.4 Å². The first-order valence-corrected chi connectivity index (χ1v) is 19.3. The Labute approximate surface area is 311 Å². The summed E-state index contributed by atoms with van der Waals surface area (Å²) in [6.07, 6.45) is 11.3. The molecule has 0 amide bonds. The summed E-state index contributed by atoms with van der Waals surface area (Å²) in [4.78, 5) is 7.50. The standard InChI is InChI=1S/C49H40N2S/c1-32-11-10-13-36-30-35-12-4-5-14-43(35)51(48(32)36)38-26-28-40-39-27-23-34(29-41(39)49(2,3)42(40)31-38)20-19-33-21-24-37(25-22-33)50-44-15-6-8-17-46(44)52-47-18-9-7-16-45(47)50/h4-10,12-29,31-32H,11,30H2,1-3H3. The van der Waals surface area contributed by atoms with Crippen molar-refractivity contribution in [2.45, 2.75) is 48.8 Å². The van der Waals surface area contributed by atoms with Crippen molar-refractivity contribution < 1.29 is 0 Å². The molecule has 52 heavy (non-hydrogen) atoms. The van der Waals surface area contributed by atoms with Crippen molar-refractivity contribution in [3.63, 3.8) is 0 Å². The molecular formula is C49H40N2S. The zero-order valence-electron chi connectivity index (χ0n) is 29.8. The molecule has 4 aliphatic rings. The first kappa shape index (κ1) is 31.2. The Morgan fingerprint density at radius 1 is 0.615 bits per heavy atom. The molecule has 0 saturated heterocycles. The number of anilines is 5. The van der Waals surface area contributed by atoms with E-state index >= 15 is 0 Å². The van der Waals surface area contributed by atoms with Gasteiger partial charge in [-0.2, -0.15) is 0 Å². The van der Waals surface area contributed by atoms with Gasteiger partial charge < -0.3 is 9.80 Å². The highest BCUT2D eigenvalue weighted by Gasteiger charge is 2.37. The third kappa shape index (κ3) is 4.94. The summed E-state index contributed by atoms with van der Waals surface area (Å²) >= 11 is 1.84. The Kier molecular flexibility index (Phi) is 7.23. The van der Waals surface area contributed by atoms with Crippen LogP contribution in [-0.4, -0.2) is 0 Å². The smallest absolute Gasteiger partial charge is 0.0601 e. The number of allylic oxidation sites excluding steroid dienone is 4. The van der Waals surface area contributed by atoms with Crippen LogP contribution in [0.2, 0.25) is 0 Å². The summed E-state index contributed by atoms with van der Waals surface area (Å²) in [6, 6.07) is 49.5. The number of rotatable bonds is 4. The van der Waals surface area contributed by atoms with Crippen molar-refractivity contribution in [1.29, 1.82) is 0 Å². The van der Waals surface area contributed by atoms with Gasteiger partial charge in [0, 0.05) is 50.3 Å². The van der Waals surface area contributed by atoms with Crippen LogP contribution in [0.3, 0.4) is 0 Å². The van der Waals surface area contributed by atoms with Crippen LogP contribution in [0.5, 0.6) is 0 Å². The number of benzene rings is 6. The van der Waals surface area contributed by atoms with Crippen LogP contribution < -0.4 is 9.80 Å². The van der Waals surface area contributed by atoms with Crippen molar-refractivity contribution in [2.75, 3.05) is 9.80 Å². The zero-order chi connectivity index (χ0) is 35.0. The first-order valence-electron chi connectivity index (χ1n) is 18.5. The average Bonchev–Trinajstić information content (AvgIpc) is 3.40. The van der Waals surface area contributed by atoms with Gasteiger partial charge in [-0.05, 0) is 106 Å². The quantitative estimate of drug-likeness (QED) is 0.170. The third-order valence-corrected chi connectivity index (χ3v) is 12.6. The monoisotopic (exact) mass is 688 g/mol. The van der Waals surface area contributed by atoms with Crippen LogP contribution >= 0.6 is 11.8 Å². The molecule has 0 fully saturated rings. The summed E-state index contributed by atoms with van der Waals surface area (Å²) in [7, 11) is 0. The van der Waals surface area contributed by atoms with Gasteiger partial charge in [-0.15, -0.1) is 0 Å². The van der Waals surface area contributed by atoms with Crippen LogP contribution in [0, 0.1) is 5.92 Å². The van der Waals surface area contributed by atoms with E-state index in [1.54, 1.807) is 0 Å². The largest absolute Gasteiger partial charge is 0.313 e. The summed E-state index contributed by atoms with van der Waals surface area (Å²) in [5.74, 6) is 0.481. The number of nitrogens with zero attached hydrogens (tertiary/aromatic N) is 2. The van der Waals surface area contributed by atoms with Gasteiger partial charge in [0.1, 0.15) is 0 Å². The summed E-state index contributed by atoms with van der Waals surface area (Å²) in [5.41, 5.74) is 18.3. The maximum Gasteiger partial charge on any atom is 0.0601 e. The third-order valence-electron chi connectivity index (χ3n) is 11.5. The highest BCUT2D eigenvalue weighted by molar-refractivity contribution is 7.99. The second-order valence-electron chi connectivity index (χ2n) is 15.0. The first-order chi connectivity index (χ1) is 25.4. The zero-order valence-corrected chi connectivity index (χ0v) is 30.6. The average molecular weight is 689 g/mol. The van der Waals surface area contributed by atoms with E-state index in [-0.39, 0.29) is 5.41 Å². The molecule has 0 N–H and O–H groups in total. The molecule has 0 radical (unpaired) electrons. The molecule has 2 nitrogen and oxygen atoms in total. The van der Waals surface area contributed by atoms with E-state index in [4.69, 9.17) is 0 Å². The fourth-order valence-electron chi connectivity index (χ4n) is 8.83. The molecule has 0 spiro atoms. The van der Waals surface area contributed by atoms with Gasteiger partial charge in [-0.3, -0.25) is 0 Å². The molecule has 0 bridgehead atoms. The van der Waals surface area contributed by atoms with Crippen molar-refractivity contribution in [1.82, 2.24) is 0 Å². The lowest BCUT2D eigenvalue weighted by Gasteiger charge is -2.39. The second-order valence-corrected chi connectivity index (χ2v) is 16.1. The van der Waals surface area contributed by atoms with E-state index in [0.29, 0.717) is 5.92 Å². The fraction of sp³-hybridized carbons (Fsp3) is 0.143. The van der Waals surface area contributed by atoms with E-state index in [9.17, 15) is 0 Å². The van der Waals surface area contributed by atoms with E-state index in [0.717, 1.165) is 12.8 Å². The Morgan fingerprint density at radius 3 is 1.96 bits per heavy atom. The lowest BCUT2D eigenvalue weighted by atomic mass is 9.81. The molecule has 0 aromatic heterocycles. The maximum absolute atomic E-state index is 2.56. The summed E-state index contributed by atoms with van der Waals surface area (Å²) < 4.78 is 0. The maximum atomic E-state index is 2.56. The molecule has 1 atom stereocenters. The molecule has 3 heteroatoms. The Morgan fingerprint density at radius 2 is 1.21 bits per heavy atom. The minimum absolute atomic E-state index is 0.115. The van der Waals surface area contributed by atoms with E-state index in [2.05, 4.69) is 188 Å². The highest BCUT2D eigenvalue weighted by Crippen LogP contribution is 2.53. The number of hydrogen-bond donors (Lipinski definition) is 0. The van der Waals surface area contributed by atoms with Crippen molar-refractivity contribution in [3.8, 4) is 11.1 Å². The van der Waals surface area contributed by atoms with Gasteiger partial charge in [0.2, 0.25) is 0 Å². The molecule has 1 unspecified atom stereocenters. The van der Waals surface area contributed by atoms with Crippen LogP contribution in [0.4, 0.5) is 28.4 Å². The lowest BCUT2D eigenvalue weighted by molar-refractivity contribution is 0.647. The molecule has 6 aromatic carbocycles. The van der Waals surface area contributed by atoms with Gasteiger partial charge in [0.15, 0.2) is 0 Å². The number of hydrogen-bond acceptors (Lipinski definition) is 3. The summed E-state index contributed by atoms with van der Waals surface area (Å²) in [6.45, 7) is 7.16. The van der Waals surface area contributed by atoms with E-state index in [1.807, 2.05) is 11.8 Å². The van der Waals surface area contributed by atoms with Gasteiger partial charge in [-0.1, -0.05) is 136 Å². The predicted octanol–water partition coefficient (Wildman–Crippen LogP) is 13.6. The Balaban J connectivity index is 0.947. The van der Waals surface area contributed by atoms with E-state index < -0.39 is 0 Å². The fourth-order valence-corrected chi connectivity index (χ4v) is 9.89. The Hall–Kier alpha value is -5.51. The second kappa shape index (κ2) is 12.0. The van der Waals surface area contributed by atoms with Crippen LogP contribution in [-0.2, 0) is 11.8 Å². The minimum atomic E-state index is -0.115. The van der Waals surface area contributed by atoms with Crippen LogP contribution in [0.1, 0.15) is 55.0 Å². The highest BCUT2D eigenvalue weighted by atomic mass is 32.2. The molecule has 6 aromatic rings. The predicted molar refractivity (Wildman–Crippen MR) is 220 cm³/mol. The molecule has 2 heterocycles. The van der Waals surface area contributed by atoms with Crippen molar-refractivity contribution in [2.24, 2.45) is 5.92 Å². The van der Waals surface area contributed by atoms with Crippen LogP contribution in [0.25, 0.3) is 23.3 Å². The molecule has 252 valence electrons. The molecular weight excluding hydrogens is 649 g/mol. The number of fused-ring (bicyclic) bond motifs is 6. The molecule has 2 aliphatic carbocycles. The number of para-hydroxylation sites is 3. The van der Waals surface area contributed by atoms with Crippen LogP contribution in [0.15, 0.2) is 167 Å². The van der Waals surface area contributed by atoms with Crippen molar-refractivity contribution in [3.05, 3.63) is 185 Å². The van der Waals surface area contributed by atoms with Crippen molar-refractivity contribution >= 4 is 52.4 Å². The van der Waals surface area contributed by atoms with Gasteiger partial charge in [0.25, 0.3) is 0 Å². The topological polar surface area (TPSA) is 6.48 Å². The summed E-state index contributed by atoms with van der Waals surface area (Å²) in [5, 5.41) is 0. The van der Waals surface area contributed by atoms with Gasteiger partial charge in [-0.25, -0.2) is 0 Å². The Bertz CT molecular complexity index is 2450. The van der Waals surface area contributed by atoms with Gasteiger partial charge >= 0.3 is 0 Å². The van der Waals surface area contributed by atoms with E-state index in [1.165, 1.54) is 88.4 Å². The lowest BCUT2D eigenvalue weighted by Crippen LogP contribution is -2.29. The minimum Gasteiger partial charge on any atom is -0.313 e. The normalized spacial score (nSPS) is 17.7. The molecule has 0 saturated carbocycles.